The van der Waals surface area contributed by atoms with Crippen LogP contribution in [0.15, 0.2) is 0 Å². The van der Waals surface area contributed by atoms with Gasteiger partial charge in [-0.15, -0.1) is 0 Å². The Morgan fingerprint density at radius 2 is 0.839 bits per heavy atom. The summed E-state index contributed by atoms with van der Waals surface area (Å²) in [6, 6.07) is 0. The second-order valence-corrected chi connectivity index (χ2v) is 9.86. The summed E-state index contributed by atoms with van der Waals surface area (Å²) >= 11 is 0. The number of hydrogen-bond donors (Lipinski definition) is 0. The van der Waals surface area contributed by atoms with Crippen LogP contribution in [0.4, 0.5) is 0 Å². The van der Waals surface area contributed by atoms with Crippen LogP contribution in [0.2, 0.25) is 0 Å². The molecule has 0 unspecified atom stereocenters. The summed E-state index contributed by atoms with van der Waals surface area (Å²) in [4.78, 5) is 25.5. The van der Waals surface area contributed by atoms with Crippen molar-refractivity contribution in [2.45, 2.75) is 161 Å². The average molecular weight is 439 g/mol. The SMILES string of the molecule is CCCCCCCCCCC(=O)[C@@H]1OC(C)(C)O[C@H]1C(=O)CCCCCCCCCC. The van der Waals surface area contributed by atoms with Gasteiger partial charge in [0.05, 0.1) is 0 Å². The number of rotatable bonds is 20. The van der Waals surface area contributed by atoms with Crippen molar-refractivity contribution in [1.82, 2.24) is 0 Å². The first-order chi connectivity index (χ1) is 14.9. The fraction of sp³-hybridized carbons (Fsp3) is 0.926. The zero-order valence-electron chi connectivity index (χ0n) is 21.0. The lowest BCUT2D eigenvalue weighted by molar-refractivity contribution is -0.158. The monoisotopic (exact) mass is 438 g/mol. The van der Waals surface area contributed by atoms with E-state index in [0.717, 1.165) is 25.7 Å². The summed E-state index contributed by atoms with van der Waals surface area (Å²) in [5.74, 6) is -0.796. The van der Waals surface area contributed by atoms with Crippen molar-refractivity contribution < 1.29 is 19.1 Å². The van der Waals surface area contributed by atoms with Gasteiger partial charge < -0.3 is 9.47 Å². The molecule has 0 bridgehead atoms. The first-order valence-corrected chi connectivity index (χ1v) is 13.3. The molecule has 1 aliphatic heterocycles. The molecule has 1 aliphatic rings. The van der Waals surface area contributed by atoms with Gasteiger partial charge in [-0.05, 0) is 26.7 Å². The van der Waals surface area contributed by atoms with Crippen molar-refractivity contribution in [3.63, 3.8) is 0 Å². The van der Waals surface area contributed by atoms with Crippen LogP contribution < -0.4 is 0 Å². The quantitative estimate of drug-likeness (QED) is 0.183. The fourth-order valence-corrected chi connectivity index (χ4v) is 4.38. The van der Waals surface area contributed by atoms with Crippen LogP contribution in [0.25, 0.3) is 0 Å². The third-order valence-corrected chi connectivity index (χ3v) is 6.28. The number of ether oxygens (including phenoxy) is 2. The Balaban J connectivity index is 2.28. The molecule has 4 nitrogen and oxygen atoms in total. The number of carbonyl (C=O) groups is 2. The van der Waals surface area contributed by atoms with E-state index in [4.69, 9.17) is 9.47 Å². The van der Waals surface area contributed by atoms with Crippen LogP contribution in [0.1, 0.15) is 143 Å². The number of hydrogen-bond acceptors (Lipinski definition) is 4. The Hall–Kier alpha value is -0.740. The Labute approximate surface area is 192 Å². The molecule has 1 rings (SSSR count). The van der Waals surface area contributed by atoms with Crippen molar-refractivity contribution >= 4 is 11.6 Å². The molecule has 31 heavy (non-hydrogen) atoms. The summed E-state index contributed by atoms with van der Waals surface area (Å²) < 4.78 is 11.7. The van der Waals surface area contributed by atoms with E-state index in [1.807, 2.05) is 0 Å². The highest BCUT2D eigenvalue weighted by molar-refractivity contribution is 5.93. The van der Waals surface area contributed by atoms with Gasteiger partial charge in [0.2, 0.25) is 0 Å². The van der Waals surface area contributed by atoms with E-state index in [9.17, 15) is 9.59 Å². The standard InChI is InChI=1S/C27H50O4/c1-5-7-9-11-13-15-17-19-21-23(28)25-26(31-27(3,4)30-25)24(29)22-20-18-16-14-12-10-8-6-2/h25-26H,5-22H2,1-4H3/t25-,26-/m0/s1. The average Bonchev–Trinajstić information content (AvgIpc) is 3.07. The lowest BCUT2D eigenvalue weighted by atomic mass is 9.97. The second kappa shape index (κ2) is 16.8. The van der Waals surface area contributed by atoms with E-state index in [0.29, 0.717) is 12.8 Å². The van der Waals surface area contributed by atoms with Crippen molar-refractivity contribution in [2.75, 3.05) is 0 Å². The maximum absolute atomic E-state index is 12.8. The van der Waals surface area contributed by atoms with Gasteiger partial charge in [0.25, 0.3) is 0 Å². The zero-order chi connectivity index (χ0) is 23.0. The van der Waals surface area contributed by atoms with Crippen LogP contribution in [-0.2, 0) is 19.1 Å². The summed E-state index contributed by atoms with van der Waals surface area (Å²) in [5, 5.41) is 0. The molecule has 4 heteroatoms. The molecular weight excluding hydrogens is 388 g/mol. The second-order valence-electron chi connectivity index (χ2n) is 9.86. The van der Waals surface area contributed by atoms with Crippen molar-refractivity contribution in [3.05, 3.63) is 0 Å². The molecule has 0 saturated carbocycles. The number of unbranched alkanes of at least 4 members (excludes halogenated alkanes) is 14. The molecular formula is C27H50O4. The Bertz CT molecular complexity index is 444. The highest BCUT2D eigenvalue weighted by atomic mass is 16.8. The highest BCUT2D eigenvalue weighted by Crippen LogP contribution is 2.31. The van der Waals surface area contributed by atoms with Crippen molar-refractivity contribution in [3.8, 4) is 0 Å². The molecule has 1 fully saturated rings. The van der Waals surface area contributed by atoms with Gasteiger partial charge in [-0.2, -0.15) is 0 Å². The van der Waals surface area contributed by atoms with Gasteiger partial charge in [0.15, 0.2) is 29.6 Å². The molecule has 1 saturated heterocycles. The molecule has 182 valence electrons. The van der Waals surface area contributed by atoms with Gasteiger partial charge in [-0.1, -0.05) is 104 Å². The molecule has 0 aromatic carbocycles. The van der Waals surface area contributed by atoms with Gasteiger partial charge in [-0.25, -0.2) is 0 Å². The van der Waals surface area contributed by atoms with Crippen LogP contribution in [0.5, 0.6) is 0 Å². The Morgan fingerprint density at radius 1 is 0.548 bits per heavy atom. The van der Waals surface area contributed by atoms with Gasteiger partial charge in [0, 0.05) is 12.8 Å². The molecule has 0 spiro atoms. The predicted molar refractivity (Wildman–Crippen MR) is 128 cm³/mol. The topological polar surface area (TPSA) is 52.6 Å². The van der Waals surface area contributed by atoms with Crippen LogP contribution in [0, 0.1) is 0 Å². The van der Waals surface area contributed by atoms with Gasteiger partial charge in [-0.3, -0.25) is 9.59 Å². The molecule has 0 N–H and O–H groups in total. The van der Waals surface area contributed by atoms with Gasteiger partial charge in [0.1, 0.15) is 0 Å². The normalized spacial score (nSPS) is 20.3. The Morgan fingerprint density at radius 3 is 1.16 bits per heavy atom. The molecule has 0 aromatic rings. The summed E-state index contributed by atoms with van der Waals surface area (Å²) in [6.07, 6.45) is 18.7. The van der Waals surface area contributed by atoms with Gasteiger partial charge >= 0.3 is 0 Å². The number of carbonyl (C=O) groups excluding carboxylic acids is 2. The minimum atomic E-state index is -0.862. The molecule has 2 atom stereocenters. The third kappa shape index (κ3) is 12.8. The zero-order valence-corrected chi connectivity index (χ0v) is 21.0. The molecule has 0 amide bonds. The van der Waals surface area contributed by atoms with Crippen molar-refractivity contribution in [1.29, 1.82) is 0 Å². The maximum atomic E-state index is 12.8. The molecule has 0 aromatic heterocycles. The first kappa shape index (κ1) is 28.3. The number of Topliss-reactive ketones (excluding diaryl/α,β-unsaturated/α-hetero) is 2. The van der Waals surface area contributed by atoms with Crippen LogP contribution in [0.3, 0.4) is 0 Å². The number of ketones is 2. The first-order valence-electron chi connectivity index (χ1n) is 13.3. The minimum Gasteiger partial charge on any atom is -0.336 e. The summed E-state index contributed by atoms with van der Waals surface area (Å²) in [7, 11) is 0. The predicted octanol–water partition coefficient (Wildman–Crippen LogP) is 7.71. The molecule has 0 radical (unpaired) electrons. The molecule has 1 heterocycles. The highest BCUT2D eigenvalue weighted by Gasteiger charge is 2.47. The smallest absolute Gasteiger partial charge is 0.165 e. The molecule has 0 aliphatic carbocycles. The van der Waals surface area contributed by atoms with Crippen molar-refractivity contribution in [2.24, 2.45) is 0 Å². The van der Waals surface area contributed by atoms with Crippen LogP contribution in [-0.4, -0.2) is 29.6 Å². The lowest BCUT2D eigenvalue weighted by Gasteiger charge is -2.16. The fourth-order valence-electron chi connectivity index (χ4n) is 4.38. The van der Waals surface area contributed by atoms with Crippen LogP contribution >= 0.6 is 0 Å². The Kier molecular flexibility index (Phi) is 15.4. The maximum Gasteiger partial charge on any atom is 0.165 e. The van der Waals surface area contributed by atoms with E-state index in [2.05, 4.69) is 13.8 Å². The van der Waals surface area contributed by atoms with E-state index in [1.165, 1.54) is 77.0 Å². The van der Waals surface area contributed by atoms with E-state index < -0.39 is 18.0 Å². The van der Waals surface area contributed by atoms with E-state index in [-0.39, 0.29) is 11.6 Å². The van der Waals surface area contributed by atoms with E-state index in [1.54, 1.807) is 13.8 Å². The third-order valence-electron chi connectivity index (χ3n) is 6.28. The summed E-state index contributed by atoms with van der Waals surface area (Å²) in [5.41, 5.74) is 0. The van der Waals surface area contributed by atoms with E-state index >= 15 is 0 Å². The lowest BCUT2D eigenvalue weighted by Crippen LogP contribution is -2.37. The summed E-state index contributed by atoms with van der Waals surface area (Å²) in [6.45, 7) is 8.06. The minimum absolute atomic E-state index is 0.0332. The largest absolute Gasteiger partial charge is 0.336 e.